The van der Waals surface area contributed by atoms with Crippen LogP contribution >= 0.6 is 0 Å². The van der Waals surface area contributed by atoms with Crippen LogP contribution in [0.5, 0.6) is 0 Å². The van der Waals surface area contributed by atoms with E-state index < -0.39 is 0 Å². The summed E-state index contributed by atoms with van der Waals surface area (Å²) in [6, 6.07) is 6.09. The standard InChI is InChI=1S/C22H31N3O2/c26-21(16-19-6-2-1-3-7-19)25-12-9-22(10-13-25)18-24(14-15-27-22)17-20-8-4-5-11-23-20/h4-6,8,11H,1-3,7,9-10,12-18H2. The van der Waals surface area contributed by atoms with Gasteiger partial charge in [-0.2, -0.15) is 0 Å². The molecule has 0 atom stereocenters. The third kappa shape index (κ3) is 4.77. The quantitative estimate of drug-likeness (QED) is 0.765. The Hall–Kier alpha value is -1.72. The molecule has 1 spiro atoms. The average molecular weight is 370 g/mol. The second kappa shape index (κ2) is 8.53. The lowest BCUT2D eigenvalue weighted by atomic mass is 9.88. The van der Waals surface area contributed by atoms with Gasteiger partial charge in [0.1, 0.15) is 0 Å². The van der Waals surface area contributed by atoms with Gasteiger partial charge in [-0.05, 0) is 50.7 Å². The normalized spacial score (nSPS) is 23.3. The third-order valence-corrected chi connectivity index (χ3v) is 6.23. The van der Waals surface area contributed by atoms with Crippen molar-refractivity contribution in [1.29, 1.82) is 0 Å². The number of pyridine rings is 1. The van der Waals surface area contributed by atoms with Gasteiger partial charge in [0.2, 0.25) is 5.91 Å². The molecule has 0 unspecified atom stereocenters. The zero-order valence-corrected chi connectivity index (χ0v) is 16.2. The summed E-state index contributed by atoms with van der Waals surface area (Å²) >= 11 is 0. The topological polar surface area (TPSA) is 45.7 Å². The van der Waals surface area contributed by atoms with Gasteiger partial charge in [-0.1, -0.05) is 17.7 Å². The van der Waals surface area contributed by atoms with Crippen LogP contribution in [0.4, 0.5) is 0 Å². The largest absolute Gasteiger partial charge is 0.372 e. The zero-order valence-electron chi connectivity index (χ0n) is 16.2. The highest BCUT2D eigenvalue weighted by molar-refractivity contribution is 5.78. The minimum atomic E-state index is -0.0894. The molecule has 27 heavy (non-hydrogen) atoms. The molecule has 0 N–H and O–H groups in total. The maximum absolute atomic E-state index is 12.7. The predicted molar refractivity (Wildman–Crippen MR) is 105 cm³/mol. The van der Waals surface area contributed by atoms with Crippen LogP contribution in [0, 0.1) is 0 Å². The smallest absolute Gasteiger partial charge is 0.226 e. The Morgan fingerprint density at radius 2 is 2.07 bits per heavy atom. The van der Waals surface area contributed by atoms with Crippen LogP contribution in [-0.4, -0.2) is 59.1 Å². The Balaban J connectivity index is 1.29. The van der Waals surface area contributed by atoms with Gasteiger partial charge in [0.25, 0.3) is 0 Å². The van der Waals surface area contributed by atoms with Crippen LogP contribution in [-0.2, 0) is 16.1 Å². The zero-order chi connectivity index (χ0) is 18.5. The molecule has 0 bridgehead atoms. The van der Waals surface area contributed by atoms with Crippen molar-refractivity contribution >= 4 is 5.91 Å². The van der Waals surface area contributed by atoms with E-state index >= 15 is 0 Å². The third-order valence-electron chi connectivity index (χ3n) is 6.23. The SMILES string of the molecule is O=C(CC1=CCCCC1)N1CCC2(CC1)CN(Cc1ccccn1)CCO2. The number of piperidine rings is 1. The van der Waals surface area contributed by atoms with Gasteiger partial charge in [-0.25, -0.2) is 0 Å². The highest BCUT2D eigenvalue weighted by atomic mass is 16.5. The first-order valence-electron chi connectivity index (χ1n) is 10.4. The molecule has 3 heterocycles. The van der Waals surface area contributed by atoms with Crippen molar-refractivity contribution in [3.63, 3.8) is 0 Å². The first-order chi connectivity index (χ1) is 13.2. The molecular weight excluding hydrogens is 338 g/mol. The number of ether oxygens (including phenoxy) is 1. The van der Waals surface area contributed by atoms with E-state index in [1.165, 1.54) is 18.4 Å². The fourth-order valence-corrected chi connectivity index (χ4v) is 4.62. The van der Waals surface area contributed by atoms with Crippen molar-refractivity contribution < 1.29 is 9.53 Å². The lowest BCUT2D eigenvalue weighted by Gasteiger charge is -2.47. The van der Waals surface area contributed by atoms with E-state index in [-0.39, 0.29) is 5.60 Å². The van der Waals surface area contributed by atoms with E-state index in [0.29, 0.717) is 12.3 Å². The van der Waals surface area contributed by atoms with Gasteiger partial charge < -0.3 is 9.64 Å². The van der Waals surface area contributed by atoms with Crippen LogP contribution in [0.1, 0.15) is 50.6 Å². The Labute approximate surface area is 162 Å². The van der Waals surface area contributed by atoms with Crippen LogP contribution in [0.15, 0.2) is 36.0 Å². The molecule has 0 radical (unpaired) electrons. The molecule has 2 aliphatic heterocycles. The van der Waals surface area contributed by atoms with Crippen LogP contribution in [0.2, 0.25) is 0 Å². The molecule has 146 valence electrons. The molecule has 3 aliphatic rings. The van der Waals surface area contributed by atoms with Gasteiger partial charge in [0, 0.05) is 45.3 Å². The highest BCUT2D eigenvalue weighted by Gasteiger charge is 2.40. The number of aromatic nitrogens is 1. The number of carbonyl (C=O) groups is 1. The lowest BCUT2D eigenvalue weighted by Crippen LogP contribution is -2.57. The molecule has 0 aromatic carbocycles. The molecule has 0 saturated carbocycles. The number of likely N-dealkylation sites (tertiary alicyclic amines) is 1. The number of carbonyl (C=O) groups excluding carboxylic acids is 1. The minimum absolute atomic E-state index is 0.0894. The first kappa shape index (κ1) is 18.6. The second-order valence-corrected chi connectivity index (χ2v) is 8.23. The van der Waals surface area contributed by atoms with Gasteiger partial charge in [0.05, 0.1) is 17.9 Å². The van der Waals surface area contributed by atoms with Crippen molar-refractivity contribution in [2.75, 3.05) is 32.8 Å². The van der Waals surface area contributed by atoms with Crippen molar-refractivity contribution in [2.45, 2.75) is 57.1 Å². The van der Waals surface area contributed by atoms with Crippen molar-refractivity contribution in [2.24, 2.45) is 0 Å². The molecular formula is C22H31N3O2. The Bertz CT molecular complexity index is 665. The molecule has 5 heteroatoms. The van der Waals surface area contributed by atoms with E-state index in [4.69, 9.17) is 4.74 Å². The van der Waals surface area contributed by atoms with Crippen molar-refractivity contribution in [1.82, 2.24) is 14.8 Å². The molecule has 1 aliphatic carbocycles. The number of rotatable bonds is 4. The summed E-state index contributed by atoms with van der Waals surface area (Å²) in [6.07, 6.45) is 11.4. The Morgan fingerprint density at radius 1 is 1.19 bits per heavy atom. The van der Waals surface area contributed by atoms with E-state index in [1.807, 2.05) is 18.3 Å². The maximum Gasteiger partial charge on any atom is 0.226 e. The van der Waals surface area contributed by atoms with E-state index in [2.05, 4.69) is 26.9 Å². The van der Waals surface area contributed by atoms with Gasteiger partial charge in [-0.15, -0.1) is 0 Å². The second-order valence-electron chi connectivity index (χ2n) is 8.23. The molecule has 1 aromatic heterocycles. The Kier molecular flexibility index (Phi) is 5.89. The summed E-state index contributed by atoms with van der Waals surface area (Å²) in [5, 5.41) is 0. The summed E-state index contributed by atoms with van der Waals surface area (Å²) in [5.74, 6) is 0.305. The first-order valence-corrected chi connectivity index (χ1v) is 10.4. The number of hydrogen-bond donors (Lipinski definition) is 0. The van der Waals surface area contributed by atoms with Crippen LogP contribution in [0.25, 0.3) is 0 Å². The van der Waals surface area contributed by atoms with Crippen molar-refractivity contribution in [3.05, 3.63) is 41.7 Å². The molecule has 1 aromatic rings. The van der Waals surface area contributed by atoms with Crippen LogP contribution in [0.3, 0.4) is 0 Å². The number of allylic oxidation sites excluding steroid dienone is 1. The van der Waals surface area contributed by atoms with Gasteiger partial charge in [0.15, 0.2) is 0 Å². The predicted octanol–water partition coefficient (Wildman–Crippen LogP) is 3.17. The fraction of sp³-hybridized carbons (Fsp3) is 0.636. The summed E-state index contributed by atoms with van der Waals surface area (Å²) in [5.41, 5.74) is 2.37. The van der Waals surface area contributed by atoms with E-state index in [9.17, 15) is 4.79 Å². The molecule has 2 fully saturated rings. The maximum atomic E-state index is 12.7. The monoisotopic (exact) mass is 369 g/mol. The highest BCUT2D eigenvalue weighted by Crippen LogP contribution is 2.31. The molecule has 2 saturated heterocycles. The van der Waals surface area contributed by atoms with Crippen LogP contribution < -0.4 is 0 Å². The van der Waals surface area contributed by atoms with Gasteiger partial charge >= 0.3 is 0 Å². The number of amides is 1. The average Bonchev–Trinajstić information content (AvgIpc) is 2.70. The molecule has 4 rings (SSSR count). The summed E-state index contributed by atoms with van der Waals surface area (Å²) in [7, 11) is 0. The summed E-state index contributed by atoms with van der Waals surface area (Å²) in [4.78, 5) is 21.6. The lowest BCUT2D eigenvalue weighted by molar-refractivity contribution is -0.150. The molecule has 1 amide bonds. The summed E-state index contributed by atoms with van der Waals surface area (Å²) < 4.78 is 6.24. The number of nitrogens with zero attached hydrogens (tertiary/aromatic N) is 3. The fourth-order valence-electron chi connectivity index (χ4n) is 4.62. The van der Waals surface area contributed by atoms with Crippen molar-refractivity contribution in [3.8, 4) is 0 Å². The van der Waals surface area contributed by atoms with E-state index in [1.54, 1.807) is 0 Å². The Morgan fingerprint density at radius 3 is 2.81 bits per heavy atom. The number of morpholine rings is 1. The minimum Gasteiger partial charge on any atom is -0.372 e. The summed E-state index contributed by atoms with van der Waals surface area (Å²) in [6.45, 7) is 5.19. The van der Waals surface area contributed by atoms with E-state index in [0.717, 1.165) is 70.7 Å². The molecule has 5 nitrogen and oxygen atoms in total. The number of hydrogen-bond acceptors (Lipinski definition) is 4. The van der Waals surface area contributed by atoms with Gasteiger partial charge in [-0.3, -0.25) is 14.7 Å².